The Labute approximate surface area is 229 Å². The Balaban J connectivity index is 0.000000708. The Bertz CT molecular complexity index is 1490. The molecule has 0 saturated carbocycles. The van der Waals surface area contributed by atoms with Crippen molar-refractivity contribution in [2.75, 3.05) is 16.7 Å². The van der Waals surface area contributed by atoms with E-state index >= 15 is 0 Å². The lowest BCUT2D eigenvalue weighted by molar-refractivity contribution is -0.192. The maximum Gasteiger partial charge on any atom is 0.490 e. The van der Waals surface area contributed by atoms with Gasteiger partial charge in [-0.05, 0) is 56.5 Å². The molecule has 0 spiro atoms. The number of rotatable bonds is 9. The molecule has 0 bridgehead atoms. The lowest BCUT2D eigenvalue weighted by atomic mass is 10.2. The normalized spacial score (nSPS) is 11.4. The number of sulfonamides is 1. The van der Waals surface area contributed by atoms with Gasteiger partial charge in [-0.15, -0.1) is 0 Å². The SMILES string of the molecule is CCCn1nc(C)cc1CN(C)c1ncc(NS(=O)(=O)c2cc(C)ccc2C)cc1C(=O)O.O=C(O)C(F)(F)F. The number of aromatic carboxylic acids is 1. The van der Waals surface area contributed by atoms with E-state index in [0.29, 0.717) is 12.1 Å². The minimum Gasteiger partial charge on any atom is -0.478 e. The number of benzene rings is 1. The molecule has 0 saturated heterocycles. The Kier molecular flexibility index (Phi) is 10.3. The van der Waals surface area contributed by atoms with Gasteiger partial charge in [0.05, 0.1) is 34.7 Å². The minimum atomic E-state index is -5.08. The fourth-order valence-electron chi connectivity index (χ4n) is 3.63. The number of halogens is 3. The summed E-state index contributed by atoms with van der Waals surface area (Å²) in [6, 6.07) is 8.38. The molecule has 0 fully saturated rings. The van der Waals surface area contributed by atoms with E-state index in [2.05, 4.69) is 21.7 Å². The summed E-state index contributed by atoms with van der Waals surface area (Å²) in [5.74, 6) is -3.72. The number of carbonyl (C=O) groups is 2. The van der Waals surface area contributed by atoms with Crippen molar-refractivity contribution < 1.29 is 41.4 Å². The van der Waals surface area contributed by atoms with E-state index in [1.54, 1.807) is 37.9 Å². The summed E-state index contributed by atoms with van der Waals surface area (Å²) in [6.45, 7) is 8.65. The zero-order valence-electron chi connectivity index (χ0n) is 22.4. The number of pyridine rings is 1. The molecule has 3 N–H and O–H groups in total. The third-order valence-corrected chi connectivity index (χ3v) is 6.93. The van der Waals surface area contributed by atoms with Crippen molar-refractivity contribution in [3.05, 3.63) is 64.6 Å². The van der Waals surface area contributed by atoms with Crippen molar-refractivity contribution in [1.82, 2.24) is 14.8 Å². The van der Waals surface area contributed by atoms with Crippen LogP contribution in [0, 0.1) is 20.8 Å². The van der Waals surface area contributed by atoms with Gasteiger partial charge in [-0.3, -0.25) is 9.40 Å². The number of aryl methyl sites for hydroxylation is 4. The van der Waals surface area contributed by atoms with Gasteiger partial charge in [0.15, 0.2) is 0 Å². The third-order valence-electron chi connectivity index (χ3n) is 5.41. The van der Waals surface area contributed by atoms with Gasteiger partial charge >= 0.3 is 18.1 Å². The average molecular weight is 586 g/mol. The molecule has 0 aliphatic heterocycles. The van der Waals surface area contributed by atoms with Crippen LogP contribution in [0.3, 0.4) is 0 Å². The highest BCUT2D eigenvalue weighted by atomic mass is 32.2. The van der Waals surface area contributed by atoms with E-state index in [1.807, 2.05) is 23.7 Å². The number of carboxylic acid groups (broad SMARTS) is 2. The summed E-state index contributed by atoms with van der Waals surface area (Å²) >= 11 is 0. The number of carboxylic acids is 2. The molecule has 0 aliphatic carbocycles. The number of aromatic nitrogens is 3. The van der Waals surface area contributed by atoms with Gasteiger partial charge in [0, 0.05) is 13.6 Å². The summed E-state index contributed by atoms with van der Waals surface area (Å²) in [6.07, 6.45) is -2.83. The summed E-state index contributed by atoms with van der Waals surface area (Å²) < 4.78 is 61.9. The first-order valence-electron chi connectivity index (χ1n) is 11.8. The fourth-order valence-corrected chi connectivity index (χ4v) is 5.00. The van der Waals surface area contributed by atoms with Crippen LogP contribution in [0.15, 0.2) is 41.4 Å². The predicted octanol–water partition coefficient (Wildman–Crippen LogP) is 4.38. The van der Waals surface area contributed by atoms with E-state index in [-0.39, 0.29) is 22.0 Å². The summed E-state index contributed by atoms with van der Waals surface area (Å²) in [5.41, 5.74) is 3.20. The highest BCUT2D eigenvalue weighted by Crippen LogP contribution is 2.25. The number of hydrogen-bond acceptors (Lipinski definition) is 7. The van der Waals surface area contributed by atoms with Crippen molar-refractivity contribution >= 4 is 33.5 Å². The van der Waals surface area contributed by atoms with Crippen LogP contribution < -0.4 is 9.62 Å². The van der Waals surface area contributed by atoms with Gasteiger partial charge in [-0.25, -0.2) is 23.0 Å². The van der Waals surface area contributed by atoms with Gasteiger partial charge in [0.2, 0.25) is 0 Å². The summed E-state index contributed by atoms with van der Waals surface area (Å²) in [7, 11) is -2.16. The fraction of sp³-hybridized carbons (Fsp3) is 0.360. The molecule has 3 rings (SSSR count). The second-order valence-electron chi connectivity index (χ2n) is 8.93. The van der Waals surface area contributed by atoms with Gasteiger partial charge in [0.1, 0.15) is 11.4 Å². The second kappa shape index (κ2) is 12.8. The Morgan fingerprint density at radius 3 is 2.27 bits per heavy atom. The molecule has 1 aromatic carbocycles. The molecule has 218 valence electrons. The van der Waals surface area contributed by atoms with E-state index < -0.39 is 28.1 Å². The lowest BCUT2D eigenvalue weighted by Gasteiger charge is -2.21. The molecule has 0 atom stereocenters. The topological polar surface area (TPSA) is 155 Å². The molecular formula is C25H30F3N5O6S. The Morgan fingerprint density at radius 1 is 1.10 bits per heavy atom. The zero-order chi connectivity index (χ0) is 30.4. The summed E-state index contributed by atoms with van der Waals surface area (Å²) in [4.78, 5) is 27.0. The monoisotopic (exact) mass is 585 g/mol. The van der Waals surface area contributed by atoms with Gasteiger partial charge in [0.25, 0.3) is 10.0 Å². The van der Waals surface area contributed by atoms with Crippen LogP contribution in [0.25, 0.3) is 0 Å². The maximum absolute atomic E-state index is 12.9. The van der Waals surface area contributed by atoms with Crippen molar-refractivity contribution in [2.45, 2.75) is 58.3 Å². The number of nitrogens with zero attached hydrogens (tertiary/aromatic N) is 4. The van der Waals surface area contributed by atoms with Crippen LogP contribution >= 0.6 is 0 Å². The molecule has 15 heteroatoms. The van der Waals surface area contributed by atoms with Gasteiger partial charge in [-0.1, -0.05) is 19.1 Å². The van der Waals surface area contributed by atoms with Crippen molar-refractivity contribution in [3.8, 4) is 0 Å². The number of alkyl halides is 3. The van der Waals surface area contributed by atoms with Gasteiger partial charge in [-0.2, -0.15) is 18.3 Å². The standard InChI is InChI=1S/C23H29N5O4S.C2HF3O2/c1-6-9-28-19(11-17(4)25-28)14-27(5)22-20(23(29)30)12-18(13-24-22)26-33(31,32)21-10-15(2)7-8-16(21)3;3-2(4,5)1(6)7/h7-8,10-13,26H,6,9,14H2,1-5H3,(H,29,30);(H,6,7). The third kappa shape index (κ3) is 8.43. The molecule has 0 aliphatic rings. The Morgan fingerprint density at radius 2 is 1.73 bits per heavy atom. The van der Waals surface area contributed by atoms with Crippen LogP contribution in [0.5, 0.6) is 0 Å². The van der Waals surface area contributed by atoms with E-state index in [4.69, 9.17) is 9.90 Å². The molecule has 0 amide bonds. The van der Waals surface area contributed by atoms with Crippen LogP contribution in [-0.4, -0.2) is 58.6 Å². The molecule has 0 unspecified atom stereocenters. The average Bonchev–Trinajstić information content (AvgIpc) is 3.18. The van der Waals surface area contributed by atoms with Crippen LogP contribution in [-0.2, 0) is 27.9 Å². The molecule has 40 heavy (non-hydrogen) atoms. The largest absolute Gasteiger partial charge is 0.490 e. The second-order valence-corrected chi connectivity index (χ2v) is 10.6. The van der Waals surface area contributed by atoms with Crippen LogP contribution in [0.1, 0.15) is 46.2 Å². The van der Waals surface area contributed by atoms with Crippen molar-refractivity contribution in [2.24, 2.45) is 0 Å². The number of aliphatic carboxylic acids is 1. The first kappa shape index (κ1) is 32.1. The van der Waals surface area contributed by atoms with E-state index in [9.17, 15) is 31.5 Å². The Hall–Kier alpha value is -4.14. The molecule has 2 aromatic heterocycles. The van der Waals surface area contributed by atoms with E-state index in [0.717, 1.165) is 29.9 Å². The minimum absolute atomic E-state index is 0.0809. The number of nitrogens with one attached hydrogen (secondary N) is 1. The maximum atomic E-state index is 12.9. The quantitative estimate of drug-likeness (QED) is 0.332. The first-order valence-corrected chi connectivity index (χ1v) is 13.3. The summed E-state index contributed by atoms with van der Waals surface area (Å²) in [5, 5.41) is 21.4. The molecule has 3 aromatic rings. The van der Waals surface area contributed by atoms with E-state index in [1.165, 1.54) is 12.3 Å². The van der Waals surface area contributed by atoms with Crippen LogP contribution in [0.2, 0.25) is 0 Å². The lowest BCUT2D eigenvalue weighted by Crippen LogP contribution is -2.23. The number of hydrogen-bond donors (Lipinski definition) is 3. The van der Waals surface area contributed by atoms with Crippen molar-refractivity contribution in [3.63, 3.8) is 0 Å². The molecule has 2 heterocycles. The van der Waals surface area contributed by atoms with Crippen LogP contribution in [0.4, 0.5) is 24.7 Å². The predicted molar refractivity (Wildman–Crippen MR) is 141 cm³/mol. The highest BCUT2D eigenvalue weighted by Gasteiger charge is 2.38. The zero-order valence-corrected chi connectivity index (χ0v) is 23.3. The molecular weight excluding hydrogens is 555 g/mol. The van der Waals surface area contributed by atoms with Crippen molar-refractivity contribution in [1.29, 1.82) is 0 Å². The van der Waals surface area contributed by atoms with Gasteiger partial charge < -0.3 is 15.1 Å². The number of anilines is 2. The highest BCUT2D eigenvalue weighted by molar-refractivity contribution is 7.92. The smallest absolute Gasteiger partial charge is 0.478 e. The molecule has 11 nitrogen and oxygen atoms in total. The first-order chi connectivity index (χ1) is 18.5. The molecule has 0 radical (unpaired) electrons.